The molecule has 0 heterocycles. The van der Waals surface area contributed by atoms with Crippen LogP contribution in [0.25, 0.3) is 0 Å². The van der Waals surface area contributed by atoms with E-state index in [9.17, 15) is 19.2 Å². The number of amides is 2. The van der Waals surface area contributed by atoms with Gasteiger partial charge < -0.3 is 36.0 Å². The van der Waals surface area contributed by atoms with Gasteiger partial charge in [0.05, 0.1) is 12.6 Å². The molecule has 0 radical (unpaired) electrons. The van der Waals surface area contributed by atoms with Crippen molar-refractivity contribution < 1.29 is 28.7 Å². The van der Waals surface area contributed by atoms with Gasteiger partial charge in [0.15, 0.2) is 0 Å². The number of carbonyl (C=O) groups excluding carboxylic acids is 5. The largest absolute Gasteiger partial charge is 0.465 e. The summed E-state index contributed by atoms with van der Waals surface area (Å²) in [7, 11) is 3.48. The highest BCUT2D eigenvalue weighted by atomic mass is 16.5. The molecule has 0 spiro atoms. The van der Waals surface area contributed by atoms with Gasteiger partial charge in [-0.15, -0.1) is 0 Å². The van der Waals surface area contributed by atoms with Gasteiger partial charge in [0, 0.05) is 12.5 Å². The third kappa shape index (κ3) is 37.6. The fourth-order valence-corrected chi connectivity index (χ4v) is 5.29. The second kappa shape index (κ2) is 32.6. The molecule has 2 saturated carbocycles. The number of nitrogens with one attached hydrogen (secondary N) is 3. The molecule has 3 unspecified atom stereocenters. The van der Waals surface area contributed by atoms with Crippen molar-refractivity contribution >= 4 is 30.9 Å². The average Bonchev–Trinajstić information content (AvgIpc) is 2.91. The molecule has 256 valence electrons. The molecular formula is C33H68N4O6. The van der Waals surface area contributed by atoms with Crippen LogP contribution in [-0.2, 0) is 28.7 Å². The lowest BCUT2D eigenvalue weighted by molar-refractivity contribution is -0.132. The van der Waals surface area contributed by atoms with Gasteiger partial charge in [0.2, 0.25) is 12.3 Å². The highest BCUT2D eigenvalue weighted by Crippen LogP contribution is 2.49. The maximum absolute atomic E-state index is 11.0. The van der Waals surface area contributed by atoms with Gasteiger partial charge >= 0.3 is 0 Å². The second-order valence-corrected chi connectivity index (χ2v) is 12.3. The summed E-state index contributed by atoms with van der Waals surface area (Å²) in [4.78, 5) is 49.7. The number of Topliss-reactive ketones (excluding diaryl/α,β-unsaturated/α-hetero) is 1. The Morgan fingerprint density at radius 1 is 1.02 bits per heavy atom. The van der Waals surface area contributed by atoms with Crippen LogP contribution in [0.2, 0.25) is 0 Å². The summed E-state index contributed by atoms with van der Waals surface area (Å²) in [5, 5.41) is 7.98. The van der Waals surface area contributed by atoms with Crippen molar-refractivity contribution in [1.82, 2.24) is 16.0 Å². The summed E-state index contributed by atoms with van der Waals surface area (Å²) in [6.07, 6.45) is 12.5. The number of ketones is 1. The first-order chi connectivity index (χ1) is 20.2. The maximum Gasteiger partial charge on any atom is 0.293 e. The fourth-order valence-electron chi connectivity index (χ4n) is 5.29. The molecule has 43 heavy (non-hydrogen) atoms. The third-order valence-electron chi connectivity index (χ3n) is 6.61. The van der Waals surface area contributed by atoms with E-state index in [1.807, 2.05) is 14.0 Å². The Balaban J connectivity index is -0.000000236. The molecule has 0 aromatic heterocycles. The predicted molar refractivity (Wildman–Crippen MR) is 178 cm³/mol. The Morgan fingerprint density at radius 3 is 1.86 bits per heavy atom. The van der Waals surface area contributed by atoms with E-state index < -0.39 is 0 Å². The highest BCUT2D eigenvalue weighted by molar-refractivity contribution is 5.80. The molecule has 3 atom stereocenters. The SMILES string of the molecule is CC(=O)CCC(C)NC(=O)CNC=O.CC(C)OC=O.CC1CC2CC(C1)CC(C)(C)C2.CC=O.CCCCNC.CN. The first-order valence-electron chi connectivity index (χ1n) is 15.9. The second-order valence-electron chi connectivity index (χ2n) is 12.3. The van der Waals surface area contributed by atoms with Crippen molar-refractivity contribution in [2.45, 2.75) is 132 Å². The molecule has 2 aliphatic rings. The van der Waals surface area contributed by atoms with E-state index in [-0.39, 0.29) is 30.4 Å². The van der Waals surface area contributed by atoms with E-state index >= 15 is 0 Å². The van der Waals surface area contributed by atoms with E-state index in [0.29, 0.717) is 31.1 Å². The molecule has 0 aromatic rings. The van der Waals surface area contributed by atoms with Crippen LogP contribution < -0.4 is 21.7 Å². The van der Waals surface area contributed by atoms with Crippen molar-refractivity contribution in [1.29, 1.82) is 0 Å². The van der Waals surface area contributed by atoms with Crippen LogP contribution in [0.4, 0.5) is 0 Å². The topological polar surface area (TPSA) is 157 Å². The van der Waals surface area contributed by atoms with E-state index in [0.717, 1.165) is 30.6 Å². The van der Waals surface area contributed by atoms with Crippen molar-refractivity contribution in [2.75, 3.05) is 27.2 Å². The van der Waals surface area contributed by atoms with Gasteiger partial charge in [-0.2, -0.15) is 0 Å². The predicted octanol–water partition coefficient (Wildman–Crippen LogP) is 4.82. The standard InChI is InChI=1S/C12H22.C9H16N2O3.C5H13N.C4H8O2.C2H4O.CH5N/c1-9-4-10-6-11(5-9)8-12(2,3)7-10;1-7(3-4-8(2)13)11-9(14)5-10-6-12;1-3-4-5-6-2;1-4(2)6-3-5;1-2-3;1-2/h9-11H,4-8H2,1-3H3;6-7H,3-5H2,1-2H3,(H,10,12)(H,11,14);6H,3-5H2,1-2H3;3-4H,1-2H3;2H,1H3;2H2,1H3. The molecule has 0 saturated heterocycles. The number of hydrogen-bond donors (Lipinski definition) is 4. The van der Waals surface area contributed by atoms with Crippen molar-refractivity contribution in [3.8, 4) is 0 Å². The zero-order valence-electron chi connectivity index (χ0n) is 29.4. The quantitative estimate of drug-likeness (QED) is 0.180. The zero-order chi connectivity index (χ0) is 34.3. The smallest absolute Gasteiger partial charge is 0.293 e. The third-order valence-corrected chi connectivity index (χ3v) is 6.61. The molecule has 2 amide bonds. The number of fused-ring (bicyclic) bond motifs is 2. The fraction of sp³-hybridized carbons (Fsp3) is 0.848. The Morgan fingerprint density at radius 2 is 1.53 bits per heavy atom. The Bertz CT molecular complexity index is 664. The van der Waals surface area contributed by atoms with E-state index in [1.54, 1.807) is 20.3 Å². The first kappa shape index (κ1) is 47.6. The van der Waals surface area contributed by atoms with Gasteiger partial charge in [-0.25, -0.2) is 0 Å². The van der Waals surface area contributed by atoms with Crippen molar-refractivity contribution in [3.05, 3.63) is 0 Å². The van der Waals surface area contributed by atoms with Crippen LogP contribution in [-0.4, -0.2) is 70.2 Å². The molecule has 2 rings (SSSR count). The minimum absolute atomic E-state index is 0.0199. The molecule has 0 aromatic carbocycles. The van der Waals surface area contributed by atoms with Crippen LogP contribution in [0.1, 0.15) is 120 Å². The van der Waals surface area contributed by atoms with Crippen LogP contribution in [0, 0.1) is 23.2 Å². The number of ether oxygens (including phenoxy) is 1. The molecule has 10 nitrogen and oxygen atoms in total. The molecule has 2 fully saturated rings. The lowest BCUT2D eigenvalue weighted by Crippen LogP contribution is -2.38. The molecule has 5 N–H and O–H groups in total. The summed E-state index contributed by atoms with van der Waals surface area (Å²) in [5.74, 6) is 3.03. The maximum atomic E-state index is 11.0. The molecule has 2 aliphatic carbocycles. The van der Waals surface area contributed by atoms with Crippen LogP contribution in [0.3, 0.4) is 0 Å². The van der Waals surface area contributed by atoms with Gasteiger partial charge in [0.1, 0.15) is 12.1 Å². The first-order valence-corrected chi connectivity index (χ1v) is 15.9. The summed E-state index contributed by atoms with van der Waals surface area (Å²) in [6, 6.07) is -0.0418. The van der Waals surface area contributed by atoms with E-state index in [1.165, 1.54) is 59.4 Å². The lowest BCUT2D eigenvalue weighted by atomic mass is 9.60. The van der Waals surface area contributed by atoms with Crippen LogP contribution in [0.5, 0.6) is 0 Å². The number of nitrogens with two attached hydrogens (primary N) is 1. The number of carbonyl (C=O) groups is 5. The number of aldehydes is 1. The number of unbranched alkanes of at least 4 members (excludes halogenated alkanes) is 1. The van der Waals surface area contributed by atoms with Gasteiger partial charge in [-0.3, -0.25) is 14.4 Å². The van der Waals surface area contributed by atoms with Gasteiger partial charge in [0.25, 0.3) is 6.47 Å². The Hall–Kier alpha value is -2.33. The minimum Gasteiger partial charge on any atom is -0.465 e. The molecule has 2 bridgehead atoms. The number of rotatable bonds is 12. The Labute approximate surface area is 263 Å². The minimum atomic E-state index is -0.242. The van der Waals surface area contributed by atoms with Crippen molar-refractivity contribution in [3.63, 3.8) is 0 Å². The Kier molecular flexibility index (Phi) is 36.1. The molecule has 10 heteroatoms. The highest BCUT2D eigenvalue weighted by Gasteiger charge is 2.38. The van der Waals surface area contributed by atoms with E-state index in [4.69, 9.17) is 4.79 Å². The lowest BCUT2D eigenvalue weighted by Gasteiger charge is -2.45. The summed E-state index contributed by atoms with van der Waals surface area (Å²) >= 11 is 0. The van der Waals surface area contributed by atoms with Gasteiger partial charge in [-0.1, -0.05) is 34.1 Å². The normalized spacial score (nSPS) is 19.4. The van der Waals surface area contributed by atoms with Crippen molar-refractivity contribution in [2.24, 2.45) is 28.9 Å². The zero-order valence-corrected chi connectivity index (χ0v) is 29.4. The average molecular weight is 617 g/mol. The summed E-state index contributed by atoms with van der Waals surface area (Å²) in [5.41, 5.74) is 5.16. The molecule has 0 aliphatic heterocycles. The van der Waals surface area contributed by atoms with Gasteiger partial charge in [-0.05, 0) is 123 Å². The molecular weight excluding hydrogens is 548 g/mol. The number of hydrogen-bond acceptors (Lipinski definition) is 8. The van der Waals surface area contributed by atoms with Crippen LogP contribution >= 0.6 is 0 Å². The summed E-state index contributed by atoms with van der Waals surface area (Å²) < 4.78 is 4.36. The monoisotopic (exact) mass is 617 g/mol. The van der Waals surface area contributed by atoms with Crippen LogP contribution in [0.15, 0.2) is 0 Å². The summed E-state index contributed by atoms with van der Waals surface area (Å²) in [6.45, 7) is 19.5. The van der Waals surface area contributed by atoms with E-state index in [2.05, 4.69) is 54.1 Å².